The third-order valence-electron chi connectivity index (χ3n) is 2.57. The molecule has 86 valence electrons. The van der Waals surface area contributed by atoms with Crippen LogP contribution in [0.1, 0.15) is 13.8 Å². The Hall–Kier alpha value is -0.800. The van der Waals surface area contributed by atoms with Crippen molar-refractivity contribution >= 4 is 38.3 Å². The molecule has 0 fully saturated rings. The van der Waals surface area contributed by atoms with Crippen molar-refractivity contribution in [1.82, 2.24) is 4.98 Å². The van der Waals surface area contributed by atoms with Gasteiger partial charge < -0.3 is 5.32 Å². The van der Waals surface area contributed by atoms with Crippen molar-refractivity contribution in [2.45, 2.75) is 19.9 Å². The van der Waals surface area contributed by atoms with E-state index in [4.69, 9.17) is 11.6 Å². The normalized spacial score (nSPS) is 13.2. The molecule has 0 aliphatic rings. The Balaban J connectivity index is 2.20. The third-order valence-corrected chi connectivity index (χ3v) is 3.87. The van der Waals surface area contributed by atoms with Gasteiger partial charge in [-0.2, -0.15) is 0 Å². The van der Waals surface area contributed by atoms with Crippen LogP contribution in [0.3, 0.4) is 0 Å². The van der Waals surface area contributed by atoms with Gasteiger partial charge in [0.1, 0.15) is 0 Å². The van der Waals surface area contributed by atoms with E-state index in [9.17, 15) is 0 Å². The highest BCUT2D eigenvalue weighted by atomic mass is 35.5. The van der Waals surface area contributed by atoms with Crippen molar-refractivity contribution in [2.75, 3.05) is 11.2 Å². The van der Waals surface area contributed by atoms with Crippen molar-refractivity contribution < 1.29 is 0 Å². The van der Waals surface area contributed by atoms with E-state index >= 15 is 0 Å². The van der Waals surface area contributed by atoms with E-state index in [1.807, 2.05) is 18.2 Å². The van der Waals surface area contributed by atoms with Crippen molar-refractivity contribution in [1.29, 1.82) is 0 Å². The zero-order valence-corrected chi connectivity index (χ0v) is 11.0. The maximum Gasteiger partial charge on any atom is 0.184 e. The molecule has 0 amide bonds. The molecule has 1 aromatic heterocycles. The van der Waals surface area contributed by atoms with E-state index < -0.39 is 0 Å². The molecule has 0 saturated carbocycles. The van der Waals surface area contributed by atoms with Crippen LogP contribution >= 0.6 is 22.9 Å². The topological polar surface area (TPSA) is 24.9 Å². The molecule has 2 aromatic rings. The molecule has 0 radical (unpaired) electrons. The highest BCUT2D eigenvalue weighted by Crippen LogP contribution is 2.26. The molecule has 1 N–H and O–H groups in total. The molecule has 2 rings (SSSR count). The number of anilines is 1. The molecule has 0 aliphatic carbocycles. The summed E-state index contributed by atoms with van der Waals surface area (Å²) in [6, 6.07) is 8.44. The summed E-state index contributed by atoms with van der Waals surface area (Å²) in [5, 5.41) is 4.35. The summed E-state index contributed by atoms with van der Waals surface area (Å²) in [5.41, 5.74) is 1.05. The Kier molecular flexibility index (Phi) is 3.66. The van der Waals surface area contributed by atoms with Crippen LogP contribution in [0, 0.1) is 5.92 Å². The van der Waals surface area contributed by atoms with Gasteiger partial charge in [0.05, 0.1) is 10.2 Å². The van der Waals surface area contributed by atoms with Gasteiger partial charge in [0.2, 0.25) is 0 Å². The molecule has 1 heterocycles. The summed E-state index contributed by atoms with van der Waals surface area (Å²) in [6.45, 7) is 4.32. The van der Waals surface area contributed by atoms with E-state index in [0.29, 0.717) is 11.8 Å². The molecule has 0 aliphatic heterocycles. The number of hydrogen-bond donors (Lipinski definition) is 1. The van der Waals surface area contributed by atoms with E-state index in [2.05, 4.69) is 30.2 Å². The minimum Gasteiger partial charge on any atom is -0.357 e. The van der Waals surface area contributed by atoms with E-state index in [0.717, 1.165) is 10.6 Å². The maximum atomic E-state index is 5.93. The first-order valence-electron chi connectivity index (χ1n) is 5.39. The molecule has 1 atom stereocenters. The summed E-state index contributed by atoms with van der Waals surface area (Å²) in [4.78, 5) is 4.53. The minimum absolute atomic E-state index is 0.280. The van der Waals surface area contributed by atoms with Gasteiger partial charge in [-0.3, -0.25) is 0 Å². The van der Waals surface area contributed by atoms with Crippen LogP contribution < -0.4 is 5.32 Å². The number of benzene rings is 1. The lowest BCUT2D eigenvalue weighted by molar-refractivity contribution is 0.564. The van der Waals surface area contributed by atoms with Gasteiger partial charge in [-0.05, 0) is 18.1 Å². The fourth-order valence-corrected chi connectivity index (χ4v) is 2.84. The van der Waals surface area contributed by atoms with Gasteiger partial charge in [0.25, 0.3) is 0 Å². The molecular weight excluding hydrogens is 240 g/mol. The number of nitrogens with one attached hydrogen (secondary N) is 1. The van der Waals surface area contributed by atoms with E-state index in [1.54, 1.807) is 11.3 Å². The fourth-order valence-electron chi connectivity index (χ4n) is 1.48. The number of halogens is 1. The quantitative estimate of drug-likeness (QED) is 0.835. The molecular formula is C12H15ClN2S. The second kappa shape index (κ2) is 5.02. The SMILES string of the molecule is CC(C)C(CCl)Nc1nc2ccccc2s1. The van der Waals surface area contributed by atoms with Gasteiger partial charge in [0, 0.05) is 11.9 Å². The Morgan fingerprint density at radius 2 is 2.12 bits per heavy atom. The molecule has 2 nitrogen and oxygen atoms in total. The minimum atomic E-state index is 0.280. The van der Waals surface area contributed by atoms with Gasteiger partial charge >= 0.3 is 0 Å². The van der Waals surface area contributed by atoms with Crippen LogP contribution in [0.4, 0.5) is 5.13 Å². The predicted octanol–water partition coefficient (Wildman–Crippen LogP) is 3.97. The predicted molar refractivity (Wildman–Crippen MR) is 72.6 cm³/mol. The average molecular weight is 255 g/mol. The Morgan fingerprint density at radius 1 is 1.38 bits per heavy atom. The maximum absolute atomic E-state index is 5.93. The highest BCUT2D eigenvalue weighted by Gasteiger charge is 2.13. The fraction of sp³-hybridized carbons (Fsp3) is 0.417. The summed E-state index contributed by atoms with van der Waals surface area (Å²) >= 11 is 7.60. The van der Waals surface area contributed by atoms with E-state index in [1.165, 1.54) is 4.70 Å². The summed E-state index contributed by atoms with van der Waals surface area (Å²) in [5.74, 6) is 1.11. The van der Waals surface area contributed by atoms with Crippen LogP contribution in [-0.4, -0.2) is 16.9 Å². The lowest BCUT2D eigenvalue weighted by atomic mass is 10.1. The molecule has 0 spiro atoms. The van der Waals surface area contributed by atoms with Gasteiger partial charge in [-0.25, -0.2) is 4.98 Å². The molecule has 1 aromatic carbocycles. The summed E-state index contributed by atoms with van der Waals surface area (Å²) in [6.07, 6.45) is 0. The number of nitrogens with zero attached hydrogens (tertiary/aromatic N) is 1. The van der Waals surface area contributed by atoms with Crippen molar-refractivity contribution in [3.8, 4) is 0 Å². The largest absolute Gasteiger partial charge is 0.357 e. The monoisotopic (exact) mass is 254 g/mol. The summed E-state index contributed by atoms with van der Waals surface area (Å²) < 4.78 is 1.21. The van der Waals surface area contributed by atoms with Crippen molar-refractivity contribution in [3.63, 3.8) is 0 Å². The Morgan fingerprint density at radius 3 is 2.75 bits per heavy atom. The average Bonchev–Trinajstić information content (AvgIpc) is 2.67. The zero-order valence-electron chi connectivity index (χ0n) is 9.40. The zero-order chi connectivity index (χ0) is 11.5. The molecule has 0 saturated heterocycles. The van der Waals surface area contributed by atoms with Crippen LogP contribution in [-0.2, 0) is 0 Å². The number of thiazole rings is 1. The number of aromatic nitrogens is 1. The number of alkyl halides is 1. The van der Waals surface area contributed by atoms with E-state index in [-0.39, 0.29) is 6.04 Å². The second-order valence-corrected chi connectivity index (χ2v) is 5.48. The van der Waals surface area contributed by atoms with Gasteiger partial charge in [0.15, 0.2) is 5.13 Å². The Bertz CT molecular complexity index is 434. The van der Waals surface area contributed by atoms with Crippen molar-refractivity contribution in [3.05, 3.63) is 24.3 Å². The molecule has 0 bridgehead atoms. The number of fused-ring (bicyclic) bond motifs is 1. The first kappa shape index (κ1) is 11.7. The third kappa shape index (κ3) is 2.47. The van der Waals surface area contributed by atoms with Crippen LogP contribution in [0.25, 0.3) is 10.2 Å². The van der Waals surface area contributed by atoms with Gasteiger partial charge in [-0.15, -0.1) is 11.6 Å². The number of para-hydroxylation sites is 1. The molecule has 1 unspecified atom stereocenters. The summed E-state index contributed by atoms with van der Waals surface area (Å²) in [7, 11) is 0. The highest BCUT2D eigenvalue weighted by molar-refractivity contribution is 7.22. The van der Waals surface area contributed by atoms with Crippen LogP contribution in [0.5, 0.6) is 0 Å². The lowest BCUT2D eigenvalue weighted by Crippen LogP contribution is -2.27. The smallest absolute Gasteiger partial charge is 0.184 e. The van der Waals surface area contributed by atoms with Crippen molar-refractivity contribution in [2.24, 2.45) is 5.92 Å². The Labute approximate surface area is 105 Å². The number of hydrogen-bond acceptors (Lipinski definition) is 3. The second-order valence-electron chi connectivity index (χ2n) is 4.14. The molecule has 16 heavy (non-hydrogen) atoms. The first-order chi connectivity index (χ1) is 7.70. The van der Waals surface area contributed by atoms with Crippen LogP contribution in [0.2, 0.25) is 0 Å². The number of rotatable bonds is 4. The lowest BCUT2D eigenvalue weighted by Gasteiger charge is -2.18. The first-order valence-corrected chi connectivity index (χ1v) is 6.74. The molecule has 4 heteroatoms. The van der Waals surface area contributed by atoms with Gasteiger partial charge in [-0.1, -0.05) is 37.3 Å². The standard InChI is InChI=1S/C12H15ClN2S/c1-8(2)10(7-13)15-12-14-9-5-3-4-6-11(9)16-12/h3-6,8,10H,7H2,1-2H3,(H,14,15). The van der Waals surface area contributed by atoms with Crippen LogP contribution in [0.15, 0.2) is 24.3 Å².